The minimum absolute atomic E-state index is 0.247. The van der Waals surface area contributed by atoms with Gasteiger partial charge in [-0.2, -0.15) is 11.8 Å². The van der Waals surface area contributed by atoms with Crippen LogP contribution in [-0.2, 0) is 10.5 Å². The van der Waals surface area contributed by atoms with Gasteiger partial charge in [0.1, 0.15) is 0 Å². The first-order valence-corrected chi connectivity index (χ1v) is 7.03. The molecule has 0 saturated carbocycles. The third-order valence-corrected chi connectivity index (χ3v) is 4.46. The van der Waals surface area contributed by atoms with Crippen LogP contribution in [0.3, 0.4) is 0 Å². The van der Waals surface area contributed by atoms with Gasteiger partial charge in [0.15, 0.2) is 0 Å². The lowest BCUT2D eigenvalue weighted by molar-refractivity contribution is 0.0697. The third kappa shape index (κ3) is 3.17. The molecule has 0 amide bonds. The van der Waals surface area contributed by atoms with E-state index in [4.69, 9.17) is 10.5 Å². The summed E-state index contributed by atoms with van der Waals surface area (Å²) in [6.45, 7) is 1.61. The van der Waals surface area contributed by atoms with Gasteiger partial charge in [-0.05, 0) is 24.5 Å². The van der Waals surface area contributed by atoms with E-state index in [0.717, 1.165) is 31.6 Å². The lowest BCUT2D eigenvalue weighted by Crippen LogP contribution is -2.18. The maximum Gasteiger partial charge on any atom is 0.338 e. The molecular weight excluding hydrogens is 250 g/mol. The molecule has 1 saturated heterocycles. The van der Waals surface area contributed by atoms with Crippen molar-refractivity contribution < 1.29 is 14.6 Å². The van der Waals surface area contributed by atoms with E-state index >= 15 is 0 Å². The number of rotatable bonds is 4. The fourth-order valence-corrected chi connectivity index (χ4v) is 3.23. The number of ether oxygens (including phenoxy) is 1. The summed E-state index contributed by atoms with van der Waals surface area (Å²) in [6.07, 6.45) is 2.07. The molecule has 0 bridgehead atoms. The third-order valence-electron chi connectivity index (χ3n) is 3.04. The topological polar surface area (TPSA) is 72.5 Å². The summed E-state index contributed by atoms with van der Waals surface area (Å²) in [5.41, 5.74) is 7.11. The van der Waals surface area contributed by atoms with Crippen molar-refractivity contribution in [2.75, 3.05) is 18.9 Å². The van der Waals surface area contributed by atoms with Crippen molar-refractivity contribution in [1.82, 2.24) is 0 Å². The molecule has 0 atom stereocenters. The highest BCUT2D eigenvalue weighted by atomic mass is 32.2. The van der Waals surface area contributed by atoms with Crippen LogP contribution in [0.5, 0.6) is 0 Å². The second kappa shape index (κ2) is 6.11. The van der Waals surface area contributed by atoms with Gasteiger partial charge >= 0.3 is 5.97 Å². The molecule has 98 valence electrons. The molecule has 4 nitrogen and oxygen atoms in total. The van der Waals surface area contributed by atoms with Crippen LogP contribution < -0.4 is 5.73 Å². The monoisotopic (exact) mass is 267 g/mol. The van der Waals surface area contributed by atoms with E-state index in [9.17, 15) is 9.90 Å². The predicted molar refractivity (Wildman–Crippen MR) is 72.9 cm³/mol. The van der Waals surface area contributed by atoms with Gasteiger partial charge in [0, 0.05) is 29.9 Å². The van der Waals surface area contributed by atoms with Gasteiger partial charge in [-0.1, -0.05) is 12.1 Å². The number of thioether (sulfide) groups is 1. The Morgan fingerprint density at radius 2 is 2.17 bits per heavy atom. The van der Waals surface area contributed by atoms with E-state index in [-0.39, 0.29) is 5.56 Å². The molecule has 1 aromatic rings. The van der Waals surface area contributed by atoms with Gasteiger partial charge < -0.3 is 15.6 Å². The number of carboxylic acids is 1. The predicted octanol–water partition coefficient (Wildman–Crippen LogP) is 2.38. The first-order chi connectivity index (χ1) is 8.68. The fourth-order valence-electron chi connectivity index (χ4n) is 2.05. The molecule has 1 aromatic carbocycles. The van der Waals surface area contributed by atoms with Crippen LogP contribution >= 0.6 is 11.8 Å². The zero-order chi connectivity index (χ0) is 13.0. The van der Waals surface area contributed by atoms with Crippen molar-refractivity contribution in [3.05, 3.63) is 29.3 Å². The Bertz CT molecular complexity index is 430. The number of carboxylic acid groups (broad SMARTS) is 1. The van der Waals surface area contributed by atoms with Crippen molar-refractivity contribution in [1.29, 1.82) is 0 Å². The molecule has 0 spiro atoms. The number of benzene rings is 1. The smallest absolute Gasteiger partial charge is 0.338 e. The second-order valence-corrected chi connectivity index (χ2v) is 5.60. The van der Waals surface area contributed by atoms with Gasteiger partial charge in [0.05, 0.1) is 5.56 Å². The molecule has 2 rings (SSSR count). The van der Waals surface area contributed by atoms with Crippen LogP contribution in [0.15, 0.2) is 18.2 Å². The Morgan fingerprint density at radius 1 is 1.44 bits per heavy atom. The number of hydrogen-bond acceptors (Lipinski definition) is 4. The number of carbonyl (C=O) groups is 1. The van der Waals surface area contributed by atoms with Crippen LogP contribution in [-0.4, -0.2) is 29.5 Å². The van der Waals surface area contributed by atoms with Crippen molar-refractivity contribution in [3.63, 3.8) is 0 Å². The molecular formula is C13H17NO3S. The Hall–Kier alpha value is -1.20. The van der Waals surface area contributed by atoms with Crippen molar-refractivity contribution in [2.45, 2.75) is 23.8 Å². The SMILES string of the molecule is Nc1cccc(CSC2CCOCC2)c1C(=O)O. The summed E-state index contributed by atoms with van der Waals surface area (Å²) < 4.78 is 5.31. The summed E-state index contributed by atoms with van der Waals surface area (Å²) in [5, 5.41) is 9.73. The molecule has 1 aliphatic rings. The molecule has 0 radical (unpaired) electrons. The summed E-state index contributed by atoms with van der Waals surface area (Å²) in [7, 11) is 0. The molecule has 1 heterocycles. The maximum atomic E-state index is 11.2. The van der Waals surface area contributed by atoms with Crippen molar-refractivity contribution in [2.24, 2.45) is 0 Å². The first kappa shape index (κ1) is 13.2. The van der Waals surface area contributed by atoms with Crippen LogP contribution in [0.1, 0.15) is 28.8 Å². The molecule has 3 N–H and O–H groups in total. The molecule has 0 aliphatic carbocycles. The maximum absolute atomic E-state index is 11.2. The highest BCUT2D eigenvalue weighted by Crippen LogP contribution is 2.28. The van der Waals surface area contributed by atoms with Gasteiger partial charge in [-0.15, -0.1) is 0 Å². The number of anilines is 1. The molecule has 0 unspecified atom stereocenters. The Morgan fingerprint density at radius 3 is 2.83 bits per heavy atom. The van der Waals surface area contributed by atoms with E-state index in [1.807, 2.05) is 12.1 Å². The van der Waals surface area contributed by atoms with E-state index in [0.29, 0.717) is 16.7 Å². The summed E-state index contributed by atoms with van der Waals surface area (Å²) >= 11 is 1.79. The van der Waals surface area contributed by atoms with Crippen molar-refractivity contribution >= 4 is 23.4 Å². The Kier molecular flexibility index (Phi) is 4.49. The minimum atomic E-state index is -0.948. The Labute approximate surface area is 111 Å². The number of aromatic carboxylic acids is 1. The highest BCUT2D eigenvalue weighted by molar-refractivity contribution is 7.99. The van der Waals surface area contributed by atoms with Gasteiger partial charge in [-0.3, -0.25) is 0 Å². The normalized spacial score (nSPS) is 16.7. The summed E-state index contributed by atoms with van der Waals surface area (Å²) in [4.78, 5) is 11.2. The van der Waals surface area contributed by atoms with Crippen molar-refractivity contribution in [3.8, 4) is 0 Å². The van der Waals surface area contributed by atoms with E-state index in [1.165, 1.54) is 0 Å². The molecule has 1 fully saturated rings. The van der Waals surface area contributed by atoms with E-state index in [1.54, 1.807) is 17.8 Å². The van der Waals surface area contributed by atoms with Crippen LogP contribution in [0.25, 0.3) is 0 Å². The second-order valence-electron chi connectivity index (χ2n) is 4.31. The minimum Gasteiger partial charge on any atom is -0.478 e. The quantitative estimate of drug-likeness (QED) is 0.819. The zero-order valence-corrected chi connectivity index (χ0v) is 10.9. The zero-order valence-electron chi connectivity index (χ0n) is 10.1. The van der Waals surface area contributed by atoms with Gasteiger partial charge in [0.2, 0.25) is 0 Å². The summed E-state index contributed by atoms with van der Waals surface area (Å²) in [5.74, 6) is -0.257. The fraction of sp³-hybridized carbons (Fsp3) is 0.462. The number of nitrogen functional groups attached to an aromatic ring is 1. The lowest BCUT2D eigenvalue weighted by Gasteiger charge is -2.21. The largest absolute Gasteiger partial charge is 0.478 e. The molecule has 0 aromatic heterocycles. The van der Waals surface area contributed by atoms with Gasteiger partial charge in [-0.25, -0.2) is 4.79 Å². The van der Waals surface area contributed by atoms with Crippen LogP contribution in [0, 0.1) is 0 Å². The molecule has 1 aliphatic heterocycles. The van der Waals surface area contributed by atoms with E-state index < -0.39 is 5.97 Å². The average molecular weight is 267 g/mol. The van der Waals surface area contributed by atoms with Crippen LogP contribution in [0.4, 0.5) is 5.69 Å². The average Bonchev–Trinajstić information content (AvgIpc) is 2.37. The Balaban J connectivity index is 2.04. The van der Waals surface area contributed by atoms with Gasteiger partial charge in [0.25, 0.3) is 0 Å². The first-order valence-electron chi connectivity index (χ1n) is 5.98. The molecule has 18 heavy (non-hydrogen) atoms. The van der Waals surface area contributed by atoms with E-state index in [2.05, 4.69) is 0 Å². The number of nitrogens with two attached hydrogens (primary N) is 1. The highest BCUT2D eigenvalue weighted by Gasteiger charge is 2.17. The number of hydrogen-bond donors (Lipinski definition) is 2. The molecule has 5 heteroatoms. The van der Waals surface area contributed by atoms with Crippen LogP contribution in [0.2, 0.25) is 0 Å². The summed E-state index contributed by atoms with van der Waals surface area (Å²) in [6, 6.07) is 5.28. The standard InChI is InChI=1S/C13H17NO3S/c14-11-3-1-2-9(12(11)13(15)16)8-18-10-4-6-17-7-5-10/h1-3,10H,4-8,14H2,(H,15,16). The lowest BCUT2D eigenvalue weighted by atomic mass is 10.1.